The number of nitrogens with one attached hydrogen (secondary N) is 1. The van der Waals surface area contributed by atoms with Crippen LogP contribution in [0, 0.1) is 11.7 Å². The van der Waals surface area contributed by atoms with E-state index in [1.165, 1.54) is 11.6 Å². The molecule has 0 aliphatic carbocycles. The van der Waals surface area contributed by atoms with Gasteiger partial charge in [0.2, 0.25) is 0 Å². The molecule has 0 aliphatic heterocycles. The van der Waals surface area contributed by atoms with Crippen LogP contribution in [-0.2, 0) is 12.8 Å². The van der Waals surface area contributed by atoms with Crippen molar-refractivity contribution in [3.8, 4) is 5.75 Å². The molecule has 2 aromatic rings. The van der Waals surface area contributed by atoms with Gasteiger partial charge < -0.3 is 10.1 Å². The molecule has 0 bridgehead atoms. The summed E-state index contributed by atoms with van der Waals surface area (Å²) in [4.78, 5) is 0. The third-order valence-corrected chi connectivity index (χ3v) is 3.59. The van der Waals surface area contributed by atoms with Crippen molar-refractivity contribution < 1.29 is 9.13 Å². The Balaban J connectivity index is 2.04. The number of hydrogen-bond acceptors (Lipinski definition) is 2. The summed E-state index contributed by atoms with van der Waals surface area (Å²) in [6, 6.07) is 15.0. The monoisotopic (exact) mass is 287 g/mol. The van der Waals surface area contributed by atoms with Crippen molar-refractivity contribution in [1.82, 2.24) is 5.32 Å². The Morgan fingerprint density at radius 2 is 1.76 bits per heavy atom. The van der Waals surface area contributed by atoms with Crippen LogP contribution in [0.15, 0.2) is 48.5 Å². The maximum atomic E-state index is 13.3. The summed E-state index contributed by atoms with van der Waals surface area (Å²) >= 11 is 0. The minimum absolute atomic E-state index is 0.167. The number of ether oxygens (including phenoxy) is 1. The molecule has 0 aromatic heterocycles. The molecular weight excluding hydrogens is 265 g/mol. The molecule has 0 radical (unpaired) electrons. The van der Waals surface area contributed by atoms with Crippen LogP contribution in [0.25, 0.3) is 0 Å². The van der Waals surface area contributed by atoms with E-state index in [9.17, 15) is 4.39 Å². The normalized spacial score (nSPS) is 12.1. The van der Waals surface area contributed by atoms with E-state index >= 15 is 0 Å². The van der Waals surface area contributed by atoms with Crippen LogP contribution in [0.2, 0.25) is 0 Å². The molecule has 0 fully saturated rings. The molecule has 21 heavy (non-hydrogen) atoms. The van der Waals surface area contributed by atoms with E-state index < -0.39 is 0 Å². The Bertz CT molecular complexity index is 553. The molecule has 0 amide bonds. The second-order valence-electron chi connectivity index (χ2n) is 5.31. The number of halogens is 1. The fourth-order valence-electron chi connectivity index (χ4n) is 2.60. The third kappa shape index (κ3) is 4.87. The van der Waals surface area contributed by atoms with Crippen molar-refractivity contribution >= 4 is 0 Å². The van der Waals surface area contributed by atoms with E-state index in [1.807, 2.05) is 25.2 Å². The van der Waals surface area contributed by atoms with Gasteiger partial charge in [0.15, 0.2) is 0 Å². The Hall–Kier alpha value is -1.87. The zero-order valence-corrected chi connectivity index (χ0v) is 12.6. The van der Waals surface area contributed by atoms with Crippen LogP contribution >= 0.6 is 0 Å². The zero-order valence-electron chi connectivity index (χ0n) is 12.6. The highest BCUT2D eigenvalue weighted by atomic mass is 19.1. The molecule has 2 rings (SSSR count). The van der Waals surface area contributed by atoms with Gasteiger partial charge in [0, 0.05) is 0 Å². The molecule has 1 N–H and O–H groups in total. The Labute approximate surface area is 126 Å². The SMILES string of the molecule is CNCC(Cc1ccc(OC)cc1)Cc1cccc(F)c1. The topological polar surface area (TPSA) is 21.3 Å². The summed E-state index contributed by atoms with van der Waals surface area (Å²) in [5.41, 5.74) is 2.32. The highest BCUT2D eigenvalue weighted by molar-refractivity contribution is 5.27. The lowest BCUT2D eigenvalue weighted by molar-refractivity contribution is 0.414. The zero-order chi connectivity index (χ0) is 15.1. The highest BCUT2D eigenvalue weighted by Gasteiger charge is 2.11. The number of hydrogen-bond donors (Lipinski definition) is 1. The Kier molecular flexibility index (Phi) is 5.76. The van der Waals surface area contributed by atoms with Gasteiger partial charge in [-0.1, -0.05) is 24.3 Å². The van der Waals surface area contributed by atoms with Gasteiger partial charge in [-0.25, -0.2) is 4.39 Å². The van der Waals surface area contributed by atoms with Gasteiger partial charge in [-0.05, 0) is 67.7 Å². The largest absolute Gasteiger partial charge is 0.497 e. The predicted octanol–water partition coefficient (Wildman–Crippen LogP) is 3.46. The highest BCUT2D eigenvalue weighted by Crippen LogP contribution is 2.18. The first-order valence-corrected chi connectivity index (χ1v) is 7.23. The molecule has 1 unspecified atom stereocenters. The average Bonchev–Trinajstić information content (AvgIpc) is 2.48. The number of methoxy groups -OCH3 is 1. The lowest BCUT2D eigenvalue weighted by Gasteiger charge is -2.17. The molecule has 0 aliphatic rings. The number of rotatable bonds is 7. The Morgan fingerprint density at radius 1 is 1.05 bits per heavy atom. The van der Waals surface area contributed by atoms with Gasteiger partial charge in [-0.15, -0.1) is 0 Å². The molecular formula is C18H22FNO. The van der Waals surface area contributed by atoms with Crippen LogP contribution < -0.4 is 10.1 Å². The summed E-state index contributed by atoms with van der Waals surface area (Å²) in [5.74, 6) is 1.14. The second-order valence-corrected chi connectivity index (χ2v) is 5.31. The van der Waals surface area contributed by atoms with Crippen molar-refractivity contribution in [3.63, 3.8) is 0 Å². The van der Waals surface area contributed by atoms with E-state index in [4.69, 9.17) is 4.74 Å². The van der Waals surface area contributed by atoms with E-state index in [0.29, 0.717) is 5.92 Å². The van der Waals surface area contributed by atoms with E-state index in [1.54, 1.807) is 19.2 Å². The summed E-state index contributed by atoms with van der Waals surface area (Å²) in [6.07, 6.45) is 1.83. The molecule has 2 aromatic carbocycles. The van der Waals surface area contributed by atoms with E-state index in [0.717, 1.165) is 30.7 Å². The molecule has 3 heteroatoms. The van der Waals surface area contributed by atoms with Crippen LogP contribution in [0.4, 0.5) is 4.39 Å². The third-order valence-electron chi connectivity index (χ3n) is 3.59. The maximum absolute atomic E-state index is 13.3. The maximum Gasteiger partial charge on any atom is 0.123 e. The minimum atomic E-state index is -0.167. The van der Waals surface area contributed by atoms with Gasteiger partial charge >= 0.3 is 0 Å². The summed E-state index contributed by atoms with van der Waals surface area (Å²) < 4.78 is 18.5. The summed E-state index contributed by atoms with van der Waals surface area (Å²) in [5, 5.41) is 3.23. The lowest BCUT2D eigenvalue weighted by Crippen LogP contribution is -2.22. The summed E-state index contributed by atoms with van der Waals surface area (Å²) in [6.45, 7) is 0.905. The summed E-state index contributed by atoms with van der Waals surface area (Å²) in [7, 11) is 3.62. The Morgan fingerprint density at radius 3 is 2.38 bits per heavy atom. The lowest BCUT2D eigenvalue weighted by atomic mass is 9.92. The average molecular weight is 287 g/mol. The first kappa shape index (κ1) is 15.5. The standard InChI is InChI=1S/C18H22FNO/c1-20-13-16(11-15-4-3-5-17(19)12-15)10-14-6-8-18(21-2)9-7-14/h3-9,12,16,20H,10-11,13H2,1-2H3. The van der Waals surface area contributed by atoms with Gasteiger partial charge in [0.05, 0.1) is 7.11 Å². The van der Waals surface area contributed by atoms with Crippen molar-refractivity contribution in [1.29, 1.82) is 0 Å². The van der Waals surface area contributed by atoms with Crippen molar-refractivity contribution in [3.05, 3.63) is 65.5 Å². The van der Waals surface area contributed by atoms with E-state index in [2.05, 4.69) is 17.4 Å². The van der Waals surface area contributed by atoms with Crippen molar-refractivity contribution in [2.45, 2.75) is 12.8 Å². The second kappa shape index (κ2) is 7.79. The molecule has 1 atom stereocenters. The van der Waals surface area contributed by atoms with Crippen LogP contribution in [0.1, 0.15) is 11.1 Å². The van der Waals surface area contributed by atoms with Gasteiger partial charge in [-0.3, -0.25) is 0 Å². The van der Waals surface area contributed by atoms with Crippen molar-refractivity contribution in [2.75, 3.05) is 20.7 Å². The predicted molar refractivity (Wildman–Crippen MR) is 84.2 cm³/mol. The molecule has 0 heterocycles. The minimum Gasteiger partial charge on any atom is -0.497 e. The molecule has 112 valence electrons. The van der Waals surface area contributed by atoms with Crippen LogP contribution in [0.3, 0.4) is 0 Å². The van der Waals surface area contributed by atoms with Crippen LogP contribution in [0.5, 0.6) is 5.75 Å². The van der Waals surface area contributed by atoms with Gasteiger partial charge in [0.1, 0.15) is 11.6 Å². The van der Waals surface area contributed by atoms with Crippen molar-refractivity contribution in [2.24, 2.45) is 5.92 Å². The molecule has 2 nitrogen and oxygen atoms in total. The molecule has 0 saturated carbocycles. The van der Waals surface area contributed by atoms with Crippen LogP contribution in [-0.4, -0.2) is 20.7 Å². The smallest absolute Gasteiger partial charge is 0.123 e. The van der Waals surface area contributed by atoms with Gasteiger partial charge in [-0.2, -0.15) is 0 Å². The fraction of sp³-hybridized carbons (Fsp3) is 0.333. The number of benzene rings is 2. The first-order chi connectivity index (χ1) is 10.2. The molecule has 0 spiro atoms. The van der Waals surface area contributed by atoms with E-state index in [-0.39, 0.29) is 5.82 Å². The first-order valence-electron chi connectivity index (χ1n) is 7.23. The fourth-order valence-corrected chi connectivity index (χ4v) is 2.60. The molecule has 0 saturated heterocycles. The quantitative estimate of drug-likeness (QED) is 0.842. The van der Waals surface area contributed by atoms with Gasteiger partial charge in [0.25, 0.3) is 0 Å².